The Hall–Kier alpha value is -3.13. The number of nitrogens with zero attached hydrogens (tertiary/aromatic N) is 2. The number of carbonyl (C=O) groups excluding carboxylic acids is 2. The Balaban J connectivity index is 2.06. The second kappa shape index (κ2) is 9.58. The van der Waals surface area contributed by atoms with Crippen LogP contribution in [0.3, 0.4) is 0 Å². The first-order valence-corrected chi connectivity index (χ1v) is 10.4. The molecule has 3 aromatic rings. The summed E-state index contributed by atoms with van der Waals surface area (Å²) < 4.78 is 18.7. The maximum Gasteiger partial charge on any atom is 0.325 e. The molecule has 0 aliphatic carbocycles. The Morgan fingerprint density at radius 1 is 1.13 bits per heavy atom. The van der Waals surface area contributed by atoms with Gasteiger partial charge in [-0.3, -0.25) is 9.59 Å². The third kappa shape index (κ3) is 4.88. The summed E-state index contributed by atoms with van der Waals surface area (Å²) in [6, 6.07) is 12.4. The Morgan fingerprint density at radius 2 is 1.87 bits per heavy atom. The number of esters is 1. The van der Waals surface area contributed by atoms with Crippen molar-refractivity contribution in [3.63, 3.8) is 0 Å². The summed E-state index contributed by atoms with van der Waals surface area (Å²) in [7, 11) is 1.32. The number of benzene rings is 2. The van der Waals surface area contributed by atoms with E-state index in [1.54, 1.807) is 28.8 Å². The van der Waals surface area contributed by atoms with Gasteiger partial charge < -0.3 is 18.8 Å². The first-order valence-electron chi connectivity index (χ1n) is 9.60. The minimum absolute atomic E-state index is 0.0478. The van der Waals surface area contributed by atoms with Crippen molar-refractivity contribution >= 4 is 33.4 Å². The highest BCUT2D eigenvalue weighted by Crippen LogP contribution is 2.27. The van der Waals surface area contributed by atoms with Crippen LogP contribution in [0.15, 0.2) is 47.5 Å². The van der Waals surface area contributed by atoms with Crippen LogP contribution in [0, 0.1) is 0 Å². The lowest BCUT2D eigenvalue weighted by atomic mass is 10.2. The SMILES string of the molecule is CCOc1cccc2sc(=NC(=O)c3ccc(OC(C)C)cc3)n(CC(=O)OC)c12. The summed E-state index contributed by atoms with van der Waals surface area (Å²) in [5.74, 6) is 0.462. The number of carbonyl (C=O) groups is 2. The number of para-hydroxylation sites is 1. The highest BCUT2D eigenvalue weighted by Gasteiger charge is 2.16. The van der Waals surface area contributed by atoms with E-state index in [9.17, 15) is 9.59 Å². The first kappa shape index (κ1) is 21.6. The van der Waals surface area contributed by atoms with E-state index in [0.29, 0.717) is 34.0 Å². The highest BCUT2D eigenvalue weighted by molar-refractivity contribution is 7.16. The average Bonchev–Trinajstić information content (AvgIpc) is 3.06. The zero-order valence-corrected chi connectivity index (χ0v) is 18.2. The molecule has 8 heteroatoms. The van der Waals surface area contributed by atoms with Crippen LogP contribution in [0.5, 0.6) is 11.5 Å². The summed E-state index contributed by atoms with van der Waals surface area (Å²) in [5.41, 5.74) is 1.14. The zero-order valence-electron chi connectivity index (χ0n) is 17.4. The fourth-order valence-electron chi connectivity index (χ4n) is 2.89. The molecule has 30 heavy (non-hydrogen) atoms. The predicted octanol–water partition coefficient (Wildman–Crippen LogP) is 3.80. The first-order chi connectivity index (χ1) is 14.4. The van der Waals surface area contributed by atoms with E-state index in [1.165, 1.54) is 18.4 Å². The van der Waals surface area contributed by atoms with Gasteiger partial charge in [-0.25, -0.2) is 0 Å². The quantitative estimate of drug-likeness (QED) is 0.535. The van der Waals surface area contributed by atoms with Crippen molar-refractivity contribution in [3.05, 3.63) is 52.8 Å². The Kier molecular flexibility index (Phi) is 6.89. The topological polar surface area (TPSA) is 79.1 Å². The molecule has 1 aromatic heterocycles. The minimum Gasteiger partial charge on any atom is -0.492 e. The van der Waals surface area contributed by atoms with E-state index in [2.05, 4.69) is 4.99 Å². The monoisotopic (exact) mass is 428 g/mol. The van der Waals surface area contributed by atoms with Gasteiger partial charge in [-0.2, -0.15) is 4.99 Å². The smallest absolute Gasteiger partial charge is 0.325 e. The number of hydrogen-bond acceptors (Lipinski definition) is 6. The lowest BCUT2D eigenvalue weighted by Crippen LogP contribution is -2.22. The van der Waals surface area contributed by atoms with Crippen LogP contribution in [0.4, 0.5) is 0 Å². The van der Waals surface area contributed by atoms with Crippen LogP contribution in [-0.4, -0.2) is 36.3 Å². The number of hydrogen-bond donors (Lipinski definition) is 0. The fourth-order valence-corrected chi connectivity index (χ4v) is 3.94. The van der Waals surface area contributed by atoms with Gasteiger partial charge in [0.25, 0.3) is 5.91 Å². The molecule has 158 valence electrons. The van der Waals surface area contributed by atoms with Gasteiger partial charge in [0.1, 0.15) is 23.6 Å². The third-order valence-electron chi connectivity index (χ3n) is 4.15. The van der Waals surface area contributed by atoms with Crippen molar-refractivity contribution in [1.82, 2.24) is 4.57 Å². The molecule has 3 rings (SSSR count). The molecule has 1 heterocycles. The maximum atomic E-state index is 12.8. The molecule has 1 amide bonds. The molecule has 0 unspecified atom stereocenters. The Morgan fingerprint density at radius 3 is 2.50 bits per heavy atom. The van der Waals surface area contributed by atoms with Crippen LogP contribution in [-0.2, 0) is 16.1 Å². The predicted molar refractivity (Wildman–Crippen MR) is 115 cm³/mol. The van der Waals surface area contributed by atoms with Crippen LogP contribution in [0.25, 0.3) is 10.2 Å². The van der Waals surface area contributed by atoms with Gasteiger partial charge in [0, 0.05) is 5.56 Å². The molecule has 0 bridgehead atoms. The number of amides is 1. The van der Waals surface area contributed by atoms with Crippen molar-refractivity contribution in [2.24, 2.45) is 4.99 Å². The van der Waals surface area contributed by atoms with Crippen LogP contribution < -0.4 is 14.3 Å². The zero-order chi connectivity index (χ0) is 21.7. The number of aromatic nitrogens is 1. The van der Waals surface area contributed by atoms with Crippen LogP contribution >= 0.6 is 11.3 Å². The number of ether oxygens (including phenoxy) is 3. The molecule has 0 atom stereocenters. The average molecular weight is 429 g/mol. The molecule has 0 radical (unpaired) electrons. The molecule has 0 fully saturated rings. The normalized spacial score (nSPS) is 11.7. The van der Waals surface area contributed by atoms with E-state index in [1.807, 2.05) is 39.0 Å². The fraction of sp³-hybridized carbons (Fsp3) is 0.318. The molecule has 2 aromatic carbocycles. The maximum absolute atomic E-state index is 12.8. The van der Waals surface area contributed by atoms with Crippen molar-refractivity contribution in [2.75, 3.05) is 13.7 Å². The van der Waals surface area contributed by atoms with E-state index >= 15 is 0 Å². The summed E-state index contributed by atoms with van der Waals surface area (Å²) in [6.07, 6.45) is 0.0478. The van der Waals surface area contributed by atoms with Gasteiger partial charge in [-0.15, -0.1) is 0 Å². The second-order valence-corrected chi connectivity index (χ2v) is 7.70. The standard InChI is InChI=1S/C22H24N2O5S/c1-5-28-17-7-6-8-18-20(17)24(13-19(25)27-4)22(30-18)23-21(26)15-9-11-16(12-10-15)29-14(2)3/h6-12,14H,5,13H2,1-4H3. The van der Waals surface area contributed by atoms with E-state index in [0.717, 1.165) is 4.70 Å². The van der Waals surface area contributed by atoms with Crippen molar-refractivity contribution in [2.45, 2.75) is 33.4 Å². The highest BCUT2D eigenvalue weighted by atomic mass is 32.1. The molecular formula is C22H24N2O5S. The molecule has 7 nitrogen and oxygen atoms in total. The van der Waals surface area contributed by atoms with E-state index < -0.39 is 11.9 Å². The van der Waals surface area contributed by atoms with Gasteiger partial charge in [0.15, 0.2) is 4.80 Å². The summed E-state index contributed by atoms with van der Waals surface area (Å²) in [6.45, 7) is 6.16. The Bertz CT molecular complexity index is 1110. The van der Waals surface area contributed by atoms with Crippen molar-refractivity contribution in [1.29, 1.82) is 0 Å². The lowest BCUT2D eigenvalue weighted by molar-refractivity contribution is -0.141. The number of fused-ring (bicyclic) bond motifs is 1. The molecule has 0 saturated heterocycles. The van der Waals surface area contributed by atoms with Gasteiger partial charge in [0.2, 0.25) is 0 Å². The van der Waals surface area contributed by atoms with Gasteiger partial charge in [-0.1, -0.05) is 17.4 Å². The Labute approximate surface area is 178 Å². The van der Waals surface area contributed by atoms with Gasteiger partial charge in [-0.05, 0) is 57.2 Å². The van der Waals surface area contributed by atoms with Gasteiger partial charge in [0.05, 0.1) is 24.5 Å². The number of rotatable bonds is 7. The van der Waals surface area contributed by atoms with Crippen LogP contribution in [0.1, 0.15) is 31.1 Å². The van der Waals surface area contributed by atoms with Gasteiger partial charge >= 0.3 is 5.97 Å². The summed E-state index contributed by atoms with van der Waals surface area (Å²) in [4.78, 5) is 29.5. The van der Waals surface area contributed by atoms with Crippen molar-refractivity contribution in [3.8, 4) is 11.5 Å². The summed E-state index contributed by atoms with van der Waals surface area (Å²) >= 11 is 1.31. The molecule has 0 N–H and O–H groups in total. The molecule has 0 aliphatic rings. The summed E-state index contributed by atoms with van der Waals surface area (Å²) in [5, 5.41) is 0. The molecule has 0 spiro atoms. The molecular weight excluding hydrogens is 404 g/mol. The van der Waals surface area contributed by atoms with Crippen molar-refractivity contribution < 1.29 is 23.8 Å². The molecule has 0 saturated carbocycles. The van der Waals surface area contributed by atoms with E-state index in [4.69, 9.17) is 14.2 Å². The van der Waals surface area contributed by atoms with Crippen LogP contribution in [0.2, 0.25) is 0 Å². The van der Waals surface area contributed by atoms with E-state index in [-0.39, 0.29) is 12.6 Å². The molecule has 0 aliphatic heterocycles. The second-order valence-electron chi connectivity index (χ2n) is 6.69. The minimum atomic E-state index is -0.440. The third-order valence-corrected chi connectivity index (χ3v) is 5.19. The largest absolute Gasteiger partial charge is 0.492 e. The lowest BCUT2D eigenvalue weighted by Gasteiger charge is -2.09. The number of thiazole rings is 1. The number of methoxy groups -OCH3 is 1.